The summed E-state index contributed by atoms with van der Waals surface area (Å²) in [5.41, 5.74) is 1.61. The van der Waals surface area contributed by atoms with Crippen molar-refractivity contribution >= 4 is 6.29 Å². The number of phenolic OH excluding ortho intramolecular Hbond substituents is 1. The molecular weight excluding hydrogens is 200 g/mol. The smallest absolute Gasteiger partial charge is 0.155 e. The summed E-state index contributed by atoms with van der Waals surface area (Å²) in [6.07, 6.45) is 5.91. The minimum Gasteiger partial charge on any atom is -0.507 e. The van der Waals surface area contributed by atoms with Gasteiger partial charge in [-0.1, -0.05) is 39.7 Å². The van der Waals surface area contributed by atoms with E-state index in [1.54, 1.807) is 6.07 Å². The lowest BCUT2D eigenvalue weighted by Gasteiger charge is -2.11. The first-order chi connectivity index (χ1) is 7.61. The van der Waals surface area contributed by atoms with E-state index in [-0.39, 0.29) is 17.2 Å². The van der Waals surface area contributed by atoms with Crippen LogP contribution in [-0.4, -0.2) is 11.4 Å². The zero-order valence-corrected chi connectivity index (χ0v) is 10.2. The molecule has 0 fully saturated rings. The van der Waals surface area contributed by atoms with Crippen LogP contribution in [0.5, 0.6) is 5.75 Å². The number of carbonyl (C=O) groups excluding carboxylic acids is 1. The van der Waals surface area contributed by atoms with Crippen molar-refractivity contribution in [1.29, 1.82) is 0 Å². The van der Waals surface area contributed by atoms with Gasteiger partial charge in [0.2, 0.25) is 0 Å². The highest BCUT2D eigenvalue weighted by Gasteiger charge is 2.12. The van der Waals surface area contributed by atoms with Gasteiger partial charge < -0.3 is 5.11 Å². The summed E-state index contributed by atoms with van der Waals surface area (Å²) >= 11 is 0. The van der Waals surface area contributed by atoms with E-state index in [2.05, 4.69) is 5.92 Å². The molecule has 0 atom stereocenters. The van der Waals surface area contributed by atoms with E-state index in [1.807, 2.05) is 27.7 Å². The van der Waals surface area contributed by atoms with Crippen LogP contribution in [0.1, 0.15) is 55.1 Å². The molecule has 0 aromatic heterocycles. The average molecular weight is 218 g/mol. The van der Waals surface area contributed by atoms with Crippen molar-refractivity contribution in [2.24, 2.45) is 0 Å². The minimum absolute atomic E-state index is 0.0580. The van der Waals surface area contributed by atoms with Gasteiger partial charge in [0.25, 0.3) is 0 Å². The normalized spacial score (nSPS) is 9.00. The Kier molecular flexibility index (Phi) is 5.95. The summed E-state index contributed by atoms with van der Waals surface area (Å²) in [7, 11) is 0. The maximum Gasteiger partial charge on any atom is 0.155 e. The number of hydrogen-bond acceptors (Lipinski definition) is 2. The number of aromatic hydroxyl groups is 1. The molecule has 1 rings (SSSR count). The molecule has 0 aliphatic heterocycles. The predicted molar refractivity (Wildman–Crippen MR) is 66.9 cm³/mol. The first-order valence-corrected chi connectivity index (χ1v) is 5.39. The lowest BCUT2D eigenvalue weighted by molar-refractivity contribution is 0.112. The Bertz CT molecular complexity index is 398. The molecule has 1 aromatic rings. The van der Waals surface area contributed by atoms with Gasteiger partial charge in [0.05, 0.1) is 5.56 Å². The van der Waals surface area contributed by atoms with Gasteiger partial charge in [-0.05, 0) is 17.5 Å². The van der Waals surface area contributed by atoms with Gasteiger partial charge in [0.1, 0.15) is 5.75 Å². The van der Waals surface area contributed by atoms with E-state index in [4.69, 9.17) is 6.42 Å². The van der Waals surface area contributed by atoms with Gasteiger partial charge in [-0.2, -0.15) is 0 Å². The predicted octanol–water partition coefficient (Wildman–Crippen LogP) is 3.34. The Labute approximate surface area is 97.3 Å². The largest absolute Gasteiger partial charge is 0.507 e. The number of carbonyl (C=O) groups is 1. The van der Waals surface area contributed by atoms with E-state index < -0.39 is 0 Å². The molecule has 0 heterocycles. The summed E-state index contributed by atoms with van der Waals surface area (Å²) < 4.78 is 0. The highest BCUT2D eigenvalue weighted by Crippen LogP contribution is 2.27. The van der Waals surface area contributed by atoms with E-state index in [1.165, 1.54) is 6.07 Å². The Morgan fingerprint density at radius 1 is 1.38 bits per heavy atom. The van der Waals surface area contributed by atoms with E-state index in [0.29, 0.717) is 11.8 Å². The van der Waals surface area contributed by atoms with Crippen LogP contribution in [0.25, 0.3) is 0 Å². The van der Waals surface area contributed by atoms with Crippen LogP contribution in [0.15, 0.2) is 12.1 Å². The highest BCUT2D eigenvalue weighted by molar-refractivity contribution is 5.84. The Morgan fingerprint density at radius 2 is 1.94 bits per heavy atom. The molecular formula is C14H18O2. The molecule has 0 aliphatic rings. The third-order valence-electron chi connectivity index (χ3n) is 2.14. The van der Waals surface area contributed by atoms with Crippen LogP contribution in [0.4, 0.5) is 0 Å². The van der Waals surface area contributed by atoms with Crippen molar-refractivity contribution in [1.82, 2.24) is 0 Å². The molecule has 86 valence electrons. The van der Waals surface area contributed by atoms with Crippen LogP contribution >= 0.6 is 0 Å². The van der Waals surface area contributed by atoms with Crippen molar-refractivity contribution in [3.63, 3.8) is 0 Å². The second-order valence-electron chi connectivity index (χ2n) is 3.38. The number of rotatable bonds is 2. The molecule has 2 nitrogen and oxygen atoms in total. The summed E-state index contributed by atoms with van der Waals surface area (Å²) in [4.78, 5) is 10.7. The second kappa shape index (κ2) is 6.68. The molecule has 0 saturated heterocycles. The van der Waals surface area contributed by atoms with Crippen molar-refractivity contribution in [3.8, 4) is 18.1 Å². The molecule has 0 spiro atoms. The van der Waals surface area contributed by atoms with Crippen molar-refractivity contribution < 1.29 is 9.90 Å². The van der Waals surface area contributed by atoms with Gasteiger partial charge in [-0.25, -0.2) is 0 Å². The third kappa shape index (κ3) is 2.87. The zero-order valence-electron chi connectivity index (χ0n) is 10.2. The highest BCUT2D eigenvalue weighted by atomic mass is 16.3. The molecule has 1 N–H and O–H groups in total. The summed E-state index contributed by atoms with van der Waals surface area (Å²) in [5, 5.41) is 9.40. The molecule has 0 saturated carbocycles. The Balaban J connectivity index is 0.00000106. The molecule has 0 radical (unpaired) electrons. The maximum absolute atomic E-state index is 10.7. The molecule has 0 amide bonds. The van der Waals surface area contributed by atoms with Crippen LogP contribution < -0.4 is 0 Å². The van der Waals surface area contributed by atoms with Crippen LogP contribution in [0.2, 0.25) is 0 Å². The quantitative estimate of drug-likeness (QED) is 0.610. The summed E-state index contributed by atoms with van der Waals surface area (Å²) in [5.74, 6) is 2.62. The number of hydrogen-bond donors (Lipinski definition) is 1. The second-order valence-corrected chi connectivity index (χ2v) is 3.38. The monoisotopic (exact) mass is 218 g/mol. The SMILES string of the molecule is C#Cc1c(C(C)C)ccc(O)c1C=O.CC. The number of terminal acetylenes is 1. The maximum atomic E-state index is 10.7. The molecule has 0 aliphatic carbocycles. The molecule has 0 unspecified atom stereocenters. The molecule has 16 heavy (non-hydrogen) atoms. The van der Waals surface area contributed by atoms with Gasteiger partial charge in [0.15, 0.2) is 6.29 Å². The lowest BCUT2D eigenvalue weighted by Crippen LogP contribution is -1.97. The first kappa shape index (κ1) is 14.2. The first-order valence-electron chi connectivity index (χ1n) is 5.39. The van der Waals surface area contributed by atoms with Crippen LogP contribution in [0, 0.1) is 12.3 Å². The molecule has 1 aromatic carbocycles. The van der Waals surface area contributed by atoms with E-state index in [9.17, 15) is 9.90 Å². The third-order valence-corrected chi connectivity index (χ3v) is 2.14. The fraction of sp³-hybridized carbons (Fsp3) is 0.357. The number of benzene rings is 1. The Hall–Kier alpha value is -1.75. The number of phenols is 1. The average Bonchev–Trinajstić information content (AvgIpc) is 2.30. The van der Waals surface area contributed by atoms with Crippen molar-refractivity contribution in [2.45, 2.75) is 33.6 Å². The van der Waals surface area contributed by atoms with Gasteiger partial charge in [-0.3, -0.25) is 4.79 Å². The van der Waals surface area contributed by atoms with Crippen LogP contribution in [0.3, 0.4) is 0 Å². The molecule has 2 heteroatoms. The van der Waals surface area contributed by atoms with Gasteiger partial charge >= 0.3 is 0 Å². The van der Waals surface area contributed by atoms with E-state index in [0.717, 1.165) is 5.56 Å². The van der Waals surface area contributed by atoms with Crippen molar-refractivity contribution in [2.75, 3.05) is 0 Å². The fourth-order valence-electron chi connectivity index (χ4n) is 1.39. The van der Waals surface area contributed by atoms with E-state index >= 15 is 0 Å². The van der Waals surface area contributed by atoms with Crippen molar-refractivity contribution in [3.05, 3.63) is 28.8 Å². The summed E-state index contributed by atoms with van der Waals surface area (Å²) in [6.45, 7) is 7.98. The Morgan fingerprint density at radius 3 is 2.31 bits per heavy atom. The summed E-state index contributed by atoms with van der Waals surface area (Å²) in [6, 6.07) is 3.25. The fourth-order valence-corrected chi connectivity index (χ4v) is 1.39. The number of aldehydes is 1. The van der Waals surface area contributed by atoms with Gasteiger partial charge in [-0.15, -0.1) is 6.42 Å². The minimum atomic E-state index is -0.0580. The van der Waals surface area contributed by atoms with Gasteiger partial charge in [0, 0.05) is 5.56 Å². The lowest BCUT2D eigenvalue weighted by atomic mass is 9.93. The topological polar surface area (TPSA) is 37.3 Å². The standard InChI is InChI=1S/C12H12O2.C2H6/c1-4-9-10(8(2)3)5-6-12(14)11(9)7-13;1-2/h1,5-8,14H,2-3H3;1-2H3. The molecule has 0 bridgehead atoms. The zero-order chi connectivity index (χ0) is 12.7. The van der Waals surface area contributed by atoms with Crippen LogP contribution in [-0.2, 0) is 0 Å².